The first-order valence-electron chi connectivity index (χ1n) is 10.5. The number of rotatable bonds is 8. The number of hydrogen-bond acceptors (Lipinski definition) is 5. The first-order valence-corrected chi connectivity index (χ1v) is 11.4. The van der Waals surface area contributed by atoms with Crippen LogP contribution in [0.15, 0.2) is 65.1 Å². The third kappa shape index (κ3) is 4.77. The molecule has 2 aromatic carbocycles. The largest absolute Gasteiger partial charge is 0.465 e. The number of aryl methyl sites for hydroxylation is 3. The van der Waals surface area contributed by atoms with Crippen molar-refractivity contribution in [2.24, 2.45) is 4.99 Å². The van der Waals surface area contributed by atoms with Crippen molar-refractivity contribution < 1.29 is 9.53 Å². The Balaban J connectivity index is 1.77. The minimum Gasteiger partial charge on any atom is -0.465 e. The number of nitrogens with zero attached hydrogens (tertiary/aromatic N) is 4. The maximum atomic E-state index is 12.0. The van der Waals surface area contributed by atoms with Gasteiger partial charge in [0.15, 0.2) is 4.80 Å². The molecular weight excluding hydrogens is 408 g/mol. The molecular formula is C24H26N4O2S. The molecule has 0 unspecified atom stereocenters. The van der Waals surface area contributed by atoms with Gasteiger partial charge in [0.1, 0.15) is 0 Å². The summed E-state index contributed by atoms with van der Waals surface area (Å²) in [6, 6.07) is 15.9. The van der Waals surface area contributed by atoms with E-state index in [2.05, 4.69) is 51.9 Å². The lowest BCUT2D eigenvalue weighted by molar-refractivity contribution is 0.0601. The molecule has 2 aromatic heterocycles. The van der Waals surface area contributed by atoms with Crippen LogP contribution in [-0.2, 0) is 24.2 Å². The number of carbonyl (C=O) groups is 1. The van der Waals surface area contributed by atoms with Gasteiger partial charge in [0.05, 0.1) is 23.7 Å². The highest BCUT2D eigenvalue weighted by Gasteiger charge is 2.14. The number of unbranched alkanes of at least 4 members (excludes halogenated alkanes) is 1. The van der Waals surface area contributed by atoms with Gasteiger partial charge in [-0.05, 0) is 36.6 Å². The van der Waals surface area contributed by atoms with Gasteiger partial charge >= 0.3 is 5.97 Å². The lowest BCUT2D eigenvalue weighted by Gasteiger charge is -2.07. The van der Waals surface area contributed by atoms with Crippen LogP contribution in [0.25, 0.3) is 11.0 Å². The minimum absolute atomic E-state index is 0.366. The number of thiazole rings is 1. The monoisotopic (exact) mass is 434 g/mol. The average Bonchev–Trinajstić information content (AvgIpc) is 3.39. The number of hydrogen-bond donors (Lipinski definition) is 0. The van der Waals surface area contributed by atoms with Gasteiger partial charge in [0, 0.05) is 24.7 Å². The van der Waals surface area contributed by atoms with Crippen LogP contribution in [-0.4, -0.2) is 27.2 Å². The fourth-order valence-electron chi connectivity index (χ4n) is 3.52. The third-order valence-electron chi connectivity index (χ3n) is 5.22. The van der Waals surface area contributed by atoms with Crippen molar-refractivity contribution in [3.63, 3.8) is 0 Å². The van der Waals surface area contributed by atoms with E-state index in [0.717, 1.165) is 48.2 Å². The van der Waals surface area contributed by atoms with E-state index in [9.17, 15) is 4.79 Å². The van der Waals surface area contributed by atoms with Gasteiger partial charge in [0.2, 0.25) is 5.95 Å². The molecule has 0 amide bonds. The SMILES string of the molecule is CCCCn1ccs/c1=N\c1nc2cc(C(=O)OC)ccc2n1CCc1ccccc1. The fraction of sp³-hybridized carbons (Fsp3) is 0.292. The van der Waals surface area contributed by atoms with Crippen LogP contribution in [0, 0.1) is 0 Å². The Kier molecular flexibility index (Phi) is 6.62. The van der Waals surface area contributed by atoms with E-state index >= 15 is 0 Å². The summed E-state index contributed by atoms with van der Waals surface area (Å²) in [5.41, 5.74) is 3.45. The number of fused-ring (bicyclic) bond motifs is 1. The molecule has 31 heavy (non-hydrogen) atoms. The molecule has 0 saturated carbocycles. The second-order valence-electron chi connectivity index (χ2n) is 7.34. The maximum absolute atomic E-state index is 12.0. The lowest BCUT2D eigenvalue weighted by atomic mass is 10.1. The Labute approximate surface area is 185 Å². The Hall–Kier alpha value is -3.19. The van der Waals surface area contributed by atoms with Gasteiger partial charge in [-0.25, -0.2) is 9.78 Å². The van der Waals surface area contributed by atoms with E-state index in [-0.39, 0.29) is 5.97 Å². The van der Waals surface area contributed by atoms with Crippen molar-refractivity contribution in [3.05, 3.63) is 76.0 Å². The van der Waals surface area contributed by atoms with E-state index in [1.165, 1.54) is 12.7 Å². The van der Waals surface area contributed by atoms with E-state index in [0.29, 0.717) is 11.5 Å². The number of carbonyl (C=O) groups excluding carboxylic acids is 1. The molecule has 4 aromatic rings. The van der Waals surface area contributed by atoms with Crippen LogP contribution in [0.1, 0.15) is 35.7 Å². The standard InChI is InChI=1S/C24H26N4O2S/c1-3-4-13-27-15-16-31-24(27)26-23-25-20-17-19(22(29)30-2)10-11-21(20)28(23)14-12-18-8-6-5-7-9-18/h5-11,15-17H,3-4,12-14H2,1-2H3/b26-24-. The predicted octanol–water partition coefficient (Wildman–Crippen LogP) is 4.96. The molecule has 7 heteroatoms. The second kappa shape index (κ2) is 9.75. The van der Waals surface area contributed by atoms with Crippen molar-refractivity contribution in [2.75, 3.05) is 7.11 Å². The highest BCUT2D eigenvalue weighted by molar-refractivity contribution is 7.07. The normalized spacial score (nSPS) is 11.9. The topological polar surface area (TPSA) is 61.4 Å². The summed E-state index contributed by atoms with van der Waals surface area (Å²) in [4.78, 5) is 22.6. The second-order valence-corrected chi connectivity index (χ2v) is 8.21. The lowest BCUT2D eigenvalue weighted by Crippen LogP contribution is -2.14. The number of benzene rings is 2. The predicted molar refractivity (Wildman–Crippen MR) is 124 cm³/mol. The van der Waals surface area contributed by atoms with E-state index in [4.69, 9.17) is 14.7 Å². The molecule has 0 bridgehead atoms. The molecule has 2 heterocycles. The van der Waals surface area contributed by atoms with Gasteiger partial charge < -0.3 is 13.9 Å². The summed E-state index contributed by atoms with van der Waals surface area (Å²) in [5, 5.41) is 2.06. The Morgan fingerprint density at radius 1 is 1.16 bits per heavy atom. The molecule has 0 radical (unpaired) electrons. The molecule has 0 N–H and O–H groups in total. The van der Waals surface area contributed by atoms with E-state index in [1.807, 2.05) is 12.1 Å². The van der Waals surface area contributed by atoms with E-state index in [1.54, 1.807) is 23.5 Å². The first kappa shape index (κ1) is 21.1. The van der Waals surface area contributed by atoms with Crippen LogP contribution in [0.3, 0.4) is 0 Å². The molecule has 6 nitrogen and oxygen atoms in total. The highest BCUT2D eigenvalue weighted by Crippen LogP contribution is 2.24. The van der Waals surface area contributed by atoms with Crippen molar-refractivity contribution in [1.29, 1.82) is 0 Å². The zero-order chi connectivity index (χ0) is 21.6. The summed E-state index contributed by atoms with van der Waals surface area (Å²) in [5.74, 6) is 0.288. The zero-order valence-corrected chi connectivity index (χ0v) is 18.6. The van der Waals surface area contributed by atoms with Crippen LogP contribution in [0.5, 0.6) is 0 Å². The average molecular weight is 435 g/mol. The van der Waals surface area contributed by atoms with E-state index < -0.39 is 0 Å². The van der Waals surface area contributed by atoms with Crippen LogP contribution >= 0.6 is 11.3 Å². The van der Waals surface area contributed by atoms with Crippen LogP contribution < -0.4 is 4.80 Å². The molecule has 0 fully saturated rings. The molecule has 0 aliphatic rings. The molecule has 160 valence electrons. The van der Waals surface area contributed by atoms with Crippen molar-refractivity contribution in [2.45, 2.75) is 39.3 Å². The summed E-state index contributed by atoms with van der Waals surface area (Å²) < 4.78 is 9.18. The summed E-state index contributed by atoms with van der Waals surface area (Å²) in [6.45, 7) is 3.87. The van der Waals surface area contributed by atoms with Gasteiger partial charge in [-0.3, -0.25) is 0 Å². The number of esters is 1. The summed E-state index contributed by atoms with van der Waals surface area (Å²) >= 11 is 1.61. The zero-order valence-electron chi connectivity index (χ0n) is 17.8. The quantitative estimate of drug-likeness (QED) is 0.368. The first-order chi connectivity index (χ1) is 15.2. The highest BCUT2D eigenvalue weighted by atomic mass is 32.1. The molecule has 0 atom stereocenters. The van der Waals surface area contributed by atoms with Crippen LogP contribution in [0.2, 0.25) is 0 Å². The smallest absolute Gasteiger partial charge is 0.337 e. The Morgan fingerprint density at radius 3 is 2.77 bits per heavy atom. The van der Waals surface area contributed by atoms with Gasteiger partial charge in [-0.15, -0.1) is 11.3 Å². The number of ether oxygens (including phenoxy) is 1. The van der Waals surface area contributed by atoms with Crippen molar-refractivity contribution in [1.82, 2.24) is 14.1 Å². The number of imidazole rings is 1. The third-order valence-corrected chi connectivity index (χ3v) is 6.02. The Morgan fingerprint density at radius 2 is 2.00 bits per heavy atom. The summed E-state index contributed by atoms with van der Waals surface area (Å²) in [6.07, 6.45) is 5.18. The fourth-order valence-corrected chi connectivity index (χ4v) is 4.28. The number of methoxy groups -OCH3 is 1. The minimum atomic E-state index is -0.366. The van der Waals surface area contributed by atoms with Crippen molar-refractivity contribution >= 4 is 34.3 Å². The molecule has 0 saturated heterocycles. The molecule has 4 rings (SSSR count). The van der Waals surface area contributed by atoms with Crippen LogP contribution in [0.4, 0.5) is 5.95 Å². The van der Waals surface area contributed by atoms with Gasteiger partial charge in [0.25, 0.3) is 0 Å². The van der Waals surface area contributed by atoms with Gasteiger partial charge in [-0.1, -0.05) is 43.7 Å². The molecule has 0 aliphatic heterocycles. The van der Waals surface area contributed by atoms with Crippen molar-refractivity contribution in [3.8, 4) is 0 Å². The number of aromatic nitrogens is 3. The molecule has 0 aliphatic carbocycles. The summed E-state index contributed by atoms with van der Waals surface area (Å²) in [7, 11) is 1.39. The Bertz CT molecular complexity index is 1240. The molecule has 0 spiro atoms. The van der Waals surface area contributed by atoms with Gasteiger partial charge in [-0.2, -0.15) is 4.99 Å². The maximum Gasteiger partial charge on any atom is 0.337 e.